The number of hydrogen-bond donors (Lipinski definition) is 3. The van der Waals surface area contributed by atoms with Crippen molar-refractivity contribution in [1.29, 1.82) is 0 Å². The molecule has 0 aromatic carbocycles. The number of aliphatic hydroxyl groups is 1. The fourth-order valence-corrected chi connectivity index (χ4v) is 2.45. The summed E-state index contributed by atoms with van der Waals surface area (Å²) in [4.78, 5) is 27.1. The minimum absolute atomic E-state index is 0.115. The minimum Gasteiger partial charge on any atom is -0.480 e. The van der Waals surface area contributed by atoms with Gasteiger partial charge in [-0.1, -0.05) is 19.8 Å². The number of aliphatic hydroxyl groups excluding tert-OH is 1. The SMILES string of the molecule is CCCC[C@H](NC(=O)N1CCCN(CCO)CC1)C(=O)O. The third kappa shape index (κ3) is 6.31. The molecule has 21 heavy (non-hydrogen) atoms. The third-order valence-corrected chi connectivity index (χ3v) is 3.73. The first kappa shape index (κ1) is 17.7. The number of aliphatic carboxylic acids is 1. The molecular formula is C14H27N3O4. The molecule has 122 valence electrons. The van der Waals surface area contributed by atoms with Crippen LogP contribution < -0.4 is 5.32 Å². The molecule has 1 aliphatic heterocycles. The Morgan fingerprint density at radius 2 is 2.00 bits per heavy atom. The summed E-state index contributed by atoms with van der Waals surface area (Å²) >= 11 is 0. The van der Waals surface area contributed by atoms with E-state index >= 15 is 0 Å². The predicted molar refractivity (Wildman–Crippen MR) is 79.2 cm³/mol. The minimum atomic E-state index is -0.978. The second-order valence-electron chi connectivity index (χ2n) is 5.39. The second kappa shape index (κ2) is 9.57. The van der Waals surface area contributed by atoms with Crippen LogP contribution in [0.15, 0.2) is 0 Å². The van der Waals surface area contributed by atoms with Crippen molar-refractivity contribution < 1.29 is 19.8 Å². The number of carboxylic acid groups (broad SMARTS) is 1. The summed E-state index contributed by atoms with van der Waals surface area (Å²) in [7, 11) is 0. The number of carbonyl (C=O) groups is 2. The van der Waals surface area contributed by atoms with E-state index < -0.39 is 12.0 Å². The van der Waals surface area contributed by atoms with Gasteiger partial charge in [0, 0.05) is 26.2 Å². The smallest absolute Gasteiger partial charge is 0.326 e. The first-order chi connectivity index (χ1) is 10.1. The fourth-order valence-electron chi connectivity index (χ4n) is 2.45. The Labute approximate surface area is 125 Å². The number of carboxylic acids is 1. The monoisotopic (exact) mass is 301 g/mol. The molecule has 0 saturated carbocycles. The molecule has 2 amide bonds. The van der Waals surface area contributed by atoms with Crippen LogP contribution in [0.5, 0.6) is 0 Å². The topological polar surface area (TPSA) is 93.1 Å². The Morgan fingerprint density at radius 1 is 1.24 bits per heavy atom. The zero-order valence-corrected chi connectivity index (χ0v) is 12.8. The van der Waals surface area contributed by atoms with E-state index in [9.17, 15) is 9.59 Å². The summed E-state index contributed by atoms with van der Waals surface area (Å²) in [6.45, 7) is 5.46. The molecule has 1 fully saturated rings. The average molecular weight is 301 g/mol. The standard InChI is InChI=1S/C14H27N3O4/c1-2-3-5-12(13(19)20)15-14(21)17-7-4-6-16(8-9-17)10-11-18/h12,18H,2-11H2,1H3,(H,15,21)(H,19,20)/t12-/m0/s1. The van der Waals surface area contributed by atoms with Crippen molar-refractivity contribution in [3.63, 3.8) is 0 Å². The molecule has 3 N–H and O–H groups in total. The van der Waals surface area contributed by atoms with Gasteiger partial charge in [0.05, 0.1) is 6.61 Å². The van der Waals surface area contributed by atoms with Gasteiger partial charge in [0.1, 0.15) is 6.04 Å². The van der Waals surface area contributed by atoms with Gasteiger partial charge in [0.2, 0.25) is 0 Å². The molecule has 0 spiro atoms. The van der Waals surface area contributed by atoms with Crippen LogP contribution >= 0.6 is 0 Å². The molecule has 1 heterocycles. The lowest BCUT2D eigenvalue weighted by molar-refractivity contribution is -0.139. The van der Waals surface area contributed by atoms with Crippen LogP contribution in [0.3, 0.4) is 0 Å². The summed E-state index contributed by atoms with van der Waals surface area (Å²) in [5.41, 5.74) is 0. The number of hydrogen-bond acceptors (Lipinski definition) is 4. The van der Waals surface area contributed by atoms with E-state index in [1.807, 2.05) is 6.92 Å². The molecule has 0 unspecified atom stereocenters. The normalized spacial score (nSPS) is 18.1. The molecule has 0 aromatic rings. The van der Waals surface area contributed by atoms with Gasteiger partial charge in [0.25, 0.3) is 0 Å². The Bertz CT molecular complexity index is 338. The van der Waals surface area contributed by atoms with Crippen LogP contribution in [0.25, 0.3) is 0 Å². The highest BCUT2D eigenvalue weighted by Gasteiger charge is 2.24. The summed E-state index contributed by atoms with van der Waals surface area (Å²) in [5.74, 6) is -0.978. The number of urea groups is 1. The Balaban J connectivity index is 2.47. The second-order valence-corrected chi connectivity index (χ2v) is 5.39. The van der Waals surface area contributed by atoms with E-state index in [0.29, 0.717) is 32.6 Å². The van der Waals surface area contributed by atoms with Gasteiger partial charge < -0.3 is 20.4 Å². The van der Waals surface area contributed by atoms with Crippen molar-refractivity contribution in [3.05, 3.63) is 0 Å². The largest absolute Gasteiger partial charge is 0.480 e. The first-order valence-corrected chi connectivity index (χ1v) is 7.70. The summed E-state index contributed by atoms with van der Waals surface area (Å²) < 4.78 is 0. The van der Waals surface area contributed by atoms with Crippen LogP contribution in [0, 0.1) is 0 Å². The maximum atomic E-state index is 12.2. The Hall–Kier alpha value is -1.34. The quantitative estimate of drug-likeness (QED) is 0.630. The molecule has 1 saturated heterocycles. The van der Waals surface area contributed by atoms with Crippen molar-refractivity contribution >= 4 is 12.0 Å². The third-order valence-electron chi connectivity index (χ3n) is 3.73. The van der Waals surface area contributed by atoms with Crippen LogP contribution in [-0.4, -0.2) is 77.4 Å². The molecule has 1 atom stereocenters. The molecule has 0 aromatic heterocycles. The number of rotatable bonds is 7. The Kier molecular flexibility index (Phi) is 8.07. The van der Waals surface area contributed by atoms with Gasteiger partial charge in [-0.2, -0.15) is 0 Å². The summed E-state index contributed by atoms with van der Waals surface area (Å²) in [6, 6.07) is -1.11. The van der Waals surface area contributed by atoms with Crippen LogP contribution in [-0.2, 0) is 4.79 Å². The van der Waals surface area contributed by atoms with Crippen LogP contribution in [0.4, 0.5) is 4.79 Å². The molecule has 1 aliphatic rings. The summed E-state index contributed by atoms with van der Waals surface area (Å²) in [5, 5.41) is 20.7. The molecule has 7 nitrogen and oxygen atoms in total. The van der Waals surface area contributed by atoms with E-state index in [-0.39, 0.29) is 12.6 Å². The van der Waals surface area contributed by atoms with E-state index in [1.165, 1.54) is 0 Å². The first-order valence-electron chi connectivity index (χ1n) is 7.70. The van der Waals surface area contributed by atoms with Gasteiger partial charge >= 0.3 is 12.0 Å². The van der Waals surface area contributed by atoms with E-state index in [1.54, 1.807) is 4.90 Å². The van der Waals surface area contributed by atoms with Crippen LogP contribution in [0.2, 0.25) is 0 Å². The molecular weight excluding hydrogens is 274 g/mol. The van der Waals surface area contributed by atoms with E-state index in [0.717, 1.165) is 25.8 Å². The molecule has 0 radical (unpaired) electrons. The molecule has 0 bridgehead atoms. The van der Waals surface area contributed by atoms with Crippen molar-refractivity contribution in [3.8, 4) is 0 Å². The number of nitrogens with zero attached hydrogens (tertiary/aromatic N) is 2. The zero-order chi connectivity index (χ0) is 15.7. The highest BCUT2D eigenvalue weighted by atomic mass is 16.4. The summed E-state index contributed by atoms with van der Waals surface area (Å²) in [6.07, 6.45) is 2.98. The van der Waals surface area contributed by atoms with Gasteiger partial charge in [-0.15, -0.1) is 0 Å². The van der Waals surface area contributed by atoms with Crippen molar-refractivity contribution in [2.75, 3.05) is 39.3 Å². The maximum Gasteiger partial charge on any atom is 0.326 e. The lowest BCUT2D eigenvalue weighted by atomic mass is 10.1. The molecule has 1 rings (SSSR count). The zero-order valence-electron chi connectivity index (χ0n) is 12.8. The van der Waals surface area contributed by atoms with Gasteiger partial charge in [-0.05, 0) is 19.4 Å². The van der Waals surface area contributed by atoms with Crippen molar-refractivity contribution in [2.45, 2.75) is 38.6 Å². The van der Waals surface area contributed by atoms with Crippen LogP contribution in [0.1, 0.15) is 32.6 Å². The van der Waals surface area contributed by atoms with E-state index in [4.69, 9.17) is 10.2 Å². The van der Waals surface area contributed by atoms with Gasteiger partial charge in [-0.25, -0.2) is 9.59 Å². The number of β-amino-alcohol motifs (C(OH)–C–C–N with tert-alkyl or cyclic N) is 1. The predicted octanol–water partition coefficient (Wildman–Crippen LogP) is 0.339. The van der Waals surface area contributed by atoms with Gasteiger partial charge in [0.15, 0.2) is 0 Å². The van der Waals surface area contributed by atoms with Crippen molar-refractivity contribution in [1.82, 2.24) is 15.1 Å². The van der Waals surface area contributed by atoms with Crippen molar-refractivity contribution in [2.24, 2.45) is 0 Å². The Morgan fingerprint density at radius 3 is 2.62 bits per heavy atom. The maximum absolute atomic E-state index is 12.2. The highest BCUT2D eigenvalue weighted by molar-refractivity contribution is 5.82. The number of carbonyl (C=O) groups excluding carboxylic acids is 1. The fraction of sp³-hybridized carbons (Fsp3) is 0.857. The average Bonchev–Trinajstić information content (AvgIpc) is 2.69. The highest BCUT2D eigenvalue weighted by Crippen LogP contribution is 2.06. The molecule has 0 aliphatic carbocycles. The number of unbranched alkanes of at least 4 members (excludes halogenated alkanes) is 1. The lowest BCUT2D eigenvalue weighted by Gasteiger charge is -2.24. The number of amides is 2. The lowest BCUT2D eigenvalue weighted by Crippen LogP contribution is -2.49. The number of nitrogens with one attached hydrogen (secondary N) is 1. The van der Waals surface area contributed by atoms with Gasteiger partial charge in [-0.3, -0.25) is 4.90 Å². The molecule has 7 heteroatoms. The van der Waals surface area contributed by atoms with E-state index in [2.05, 4.69) is 10.2 Å².